The molecule has 0 spiro atoms. The van der Waals surface area contributed by atoms with Crippen LogP contribution in [0.5, 0.6) is 0 Å². The van der Waals surface area contributed by atoms with Crippen LogP contribution in [0.2, 0.25) is 0 Å². The topological polar surface area (TPSA) is 264 Å². The number of fused-ring (bicyclic) bond motifs is 1. The molecule has 4 aromatic rings. The van der Waals surface area contributed by atoms with Gasteiger partial charge in [0.25, 0.3) is 0 Å². The van der Waals surface area contributed by atoms with Crippen LogP contribution in [0.25, 0.3) is 10.9 Å². The summed E-state index contributed by atoms with van der Waals surface area (Å²) < 4.78 is 41.3. The molecule has 4 aliphatic rings. The summed E-state index contributed by atoms with van der Waals surface area (Å²) in [6, 6.07) is 16.3. The minimum atomic E-state index is -1.69. The van der Waals surface area contributed by atoms with E-state index in [0.717, 1.165) is 48.6 Å². The number of ether oxygens (including phenoxy) is 6. The molecule has 19 heteroatoms. The van der Waals surface area contributed by atoms with Gasteiger partial charge in [0.2, 0.25) is 0 Å². The van der Waals surface area contributed by atoms with E-state index >= 15 is 0 Å². The van der Waals surface area contributed by atoms with Gasteiger partial charge >= 0.3 is 11.9 Å². The SMILES string of the molecule is Cc1ccc2c(ccn2Cn2cc(CCC(=O)C3CC(C)[C@@H](O[C@@H]4OC(C)[C@@H](O)[C@H](O)C4O)[C@H](O[C@@H]4O[C@@H](CO)[C@H](O)C(O[C@@H](CC5CCCCC5)C(=O)O)C4OC(=O)c4ccccc4)C3)nn2)c1. The Morgan fingerprint density at radius 2 is 1.62 bits per heavy atom. The fraction of sp³-hybridized carbons (Fsp3) is 0.620. The number of rotatable bonds is 18. The second kappa shape index (κ2) is 22.6. The lowest BCUT2D eigenvalue weighted by atomic mass is 9.75. The highest BCUT2D eigenvalue weighted by Crippen LogP contribution is 2.40. The van der Waals surface area contributed by atoms with Gasteiger partial charge in [0, 0.05) is 30.5 Å². The first-order valence-corrected chi connectivity index (χ1v) is 24.2. The number of carbonyl (C=O) groups excluding carboxylic acids is 2. The highest BCUT2D eigenvalue weighted by Gasteiger charge is 2.54. The van der Waals surface area contributed by atoms with E-state index in [2.05, 4.69) is 33.1 Å². The lowest BCUT2D eigenvalue weighted by Gasteiger charge is -2.48. The van der Waals surface area contributed by atoms with Gasteiger partial charge in [0.1, 0.15) is 49.1 Å². The number of esters is 1. The van der Waals surface area contributed by atoms with E-state index in [0.29, 0.717) is 25.2 Å². The summed E-state index contributed by atoms with van der Waals surface area (Å²) in [4.78, 5) is 40.9. The van der Waals surface area contributed by atoms with Crippen LogP contribution in [0, 0.1) is 24.7 Å². The zero-order chi connectivity index (χ0) is 48.9. The summed E-state index contributed by atoms with van der Waals surface area (Å²) in [7, 11) is 0. The van der Waals surface area contributed by atoms with Crippen molar-refractivity contribution in [3.63, 3.8) is 0 Å². The Labute approximate surface area is 400 Å². The molecule has 4 fully saturated rings. The Morgan fingerprint density at radius 1 is 0.855 bits per heavy atom. The van der Waals surface area contributed by atoms with Gasteiger partial charge in [-0.2, -0.15) is 0 Å². The van der Waals surface area contributed by atoms with Crippen molar-refractivity contribution in [3.8, 4) is 0 Å². The standard InChI is InChI=1S/C50H66N4O15/c1-27-14-16-35-32(20-27)18-19-53(35)26-54-24-34(51-52-54)15-17-36(56)33-21-28(2)44(69-49-43(60)42(59)40(57)29(3)64-49)37(23-33)66-50-46(68-48(63)31-12-8-5-9-13-31)45(41(58)39(25-55)67-50)65-38(47(61)62)22-30-10-6-4-7-11-30/h5,8-9,12-14,16,18-20,24,28-30,33,37-46,49-50,55,57-60H,4,6-7,10-11,15,17,21-23,25-26H2,1-3H3,(H,61,62)/t28?,29?,33?,37-,38+,39+,40-,41+,42+,43?,44-,45?,46?,49+,50-/m1/s1. The summed E-state index contributed by atoms with van der Waals surface area (Å²) in [5, 5.41) is 74.7. The first-order valence-electron chi connectivity index (χ1n) is 24.2. The summed E-state index contributed by atoms with van der Waals surface area (Å²) in [5.74, 6) is -3.30. The van der Waals surface area contributed by atoms with Gasteiger partial charge in [0.15, 0.2) is 24.8 Å². The van der Waals surface area contributed by atoms with E-state index in [9.17, 15) is 45.0 Å². The molecule has 69 heavy (non-hydrogen) atoms. The maximum absolute atomic E-state index is 14.2. The van der Waals surface area contributed by atoms with Gasteiger partial charge in [-0.15, -0.1) is 5.10 Å². The number of aliphatic hydroxyl groups is 5. The average Bonchev–Trinajstić information content (AvgIpc) is 3.97. The molecule has 8 rings (SSSR count). The molecule has 6 N–H and O–H groups in total. The molecule has 2 aliphatic heterocycles. The van der Waals surface area contributed by atoms with Crippen LogP contribution in [-0.2, 0) is 51.1 Å². The normalized spacial score (nSPS) is 32.7. The maximum atomic E-state index is 14.2. The van der Waals surface area contributed by atoms with E-state index in [1.165, 1.54) is 19.1 Å². The van der Waals surface area contributed by atoms with Crippen LogP contribution in [0.3, 0.4) is 0 Å². The smallest absolute Gasteiger partial charge is 0.338 e. The number of hydrogen-bond acceptors (Lipinski definition) is 16. The minimum Gasteiger partial charge on any atom is -0.479 e. The van der Waals surface area contributed by atoms with Crippen LogP contribution >= 0.6 is 0 Å². The van der Waals surface area contributed by atoms with Crippen LogP contribution in [0.1, 0.15) is 93.3 Å². The number of aryl methyl sites for hydroxylation is 2. The Bertz CT molecular complexity index is 2340. The lowest BCUT2D eigenvalue weighted by molar-refractivity contribution is -0.349. The van der Waals surface area contributed by atoms with Crippen molar-refractivity contribution in [2.75, 3.05) is 6.61 Å². The molecule has 6 unspecified atom stereocenters. The molecule has 2 aromatic heterocycles. The van der Waals surface area contributed by atoms with Crippen LogP contribution < -0.4 is 0 Å². The second-order valence-corrected chi connectivity index (χ2v) is 19.4. The number of carbonyl (C=O) groups is 3. The van der Waals surface area contributed by atoms with Gasteiger partial charge in [-0.3, -0.25) is 4.79 Å². The molecule has 376 valence electrons. The van der Waals surface area contributed by atoms with Gasteiger partial charge in [-0.1, -0.05) is 74.1 Å². The first-order chi connectivity index (χ1) is 33.2. The number of aromatic nitrogens is 4. The highest BCUT2D eigenvalue weighted by atomic mass is 16.7. The zero-order valence-electron chi connectivity index (χ0n) is 39.2. The highest BCUT2D eigenvalue weighted by molar-refractivity contribution is 5.89. The predicted molar refractivity (Wildman–Crippen MR) is 244 cm³/mol. The Hall–Kier alpha value is -4.67. The van der Waals surface area contributed by atoms with Crippen molar-refractivity contribution in [1.82, 2.24) is 19.6 Å². The molecular weight excluding hydrogens is 897 g/mol. The van der Waals surface area contributed by atoms with Crippen molar-refractivity contribution in [1.29, 1.82) is 0 Å². The number of hydrogen-bond donors (Lipinski definition) is 6. The van der Waals surface area contributed by atoms with Crippen LogP contribution in [0.4, 0.5) is 0 Å². The zero-order valence-corrected chi connectivity index (χ0v) is 39.2. The van der Waals surface area contributed by atoms with E-state index in [-0.39, 0.29) is 36.5 Å². The van der Waals surface area contributed by atoms with Gasteiger partial charge in [0.05, 0.1) is 42.4 Å². The largest absolute Gasteiger partial charge is 0.479 e. The number of Topliss-reactive ketones (excluding diaryl/α,β-unsaturated/α-hetero) is 1. The average molecular weight is 963 g/mol. The third kappa shape index (κ3) is 11.9. The number of aliphatic carboxylic acids is 1. The van der Waals surface area contributed by atoms with Gasteiger partial charge < -0.3 is 63.6 Å². The van der Waals surface area contributed by atoms with E-state index < -0.39 is 110 Å². The predicted octanol–water partition coefficient (Wildman–Crippen LogP) is 3.31. The molecule has 2 aliphatic carbocycles. The van der Waals surface area contributed by atoms with Crippen molar-refractivity contribution >= 4 is 28.6 Å². The van der Waals surface area contributed by atoms with Crippen LogP contribution in [-0.4, -0.2) is 154 Å². The monoisotopic (exact) mass is 962 g/mol. The fourth-order valence-electron chi connectivity index (χ4n) is 10.4. The molecule has 0 amide bonds. The lowest BCUT2D eigenvalue weighted by Crippen LogP contribution is -2.64. The summed E-state index contributed by atoms with van der Waals surface area (Å²) in [6.45, 7) is 5.05. The Kier molecular flexibility index (Phi) is 16.6. The maximum Gasteiger partial charge on any atom is 0.338 e. The molecule has 2 aromatic carbocycles. The van der Waals surface area contributed by atoms with Crippen molar-refractivity contribution in [2.45, 2.75) is 171 Å². The van der Waals surface area contributed by atoms with Crippen molar-refractivity contribution in [3.05, 3.63) is 83.8 Å². The molecule has 15 atom stereocenters. The second-order valence-electron chi connectivity index (χ2n) is 19.4. The molecule has 4 heterocycles. The van der Waals surface area contributed by atoms with E-state index in [1.807, 2.05) is 26.1 Å². The first kappa shape index (κ1) is 50.7. The fourth-order valence-corrected chi connectivity index (χ4v) is 10.4. The number of carboxylic acids is 1. The number of aliphatic hydroxyl groups excluding tert-OH is 5. The van der Waals surface area contributed by atoms with Crippen molar-refractivity contribution < 1.29 is 73.4 Å². The van der Waals surface area contributed by atoms with E-state index in [1.54, 1.807) is 29.1 Å². The third-order valence-electron chi connectivity index (χ3n) is 14.3. The number of ketones is 1. The van der Waals surface area contributed by atoms with Gasteiger partial charge in [-0.05, 0) is 80.7 Å². The van der Waals surface area contributed by atoms with Gasteiger partial charge in [-0.25, -0.2) is 14.3 Å². The minimum absolute atomic E-state index is 0.0147. The quantitative estimate of drug-likeness (QED) is 0.0782. The summed E-state index contributed by atoms with van der Waals surface area (Å²) in [6.07, 6.45) is -9.30. The molecule has 0 bridgehead atoms. The van der Waals surface area contributed by atoms with Crippen molar-refractivity contribution in [2.24, 2.45) is 17.8 Å². The molecular formula is C50H66N4O15. The molecule has 0 radical (unpaired) electrons. The molecule has 2 saturated carbocycles. The molecule has 19 nitrogen and oxygen atoms in total. The Balaban J connectivity index is 1.05. The number of carboxylic acid groups (broad SMARTS) is 1. The summed E-state index contributed by atoms with van der Waals surface area (Å²) in [5.41, 5.74) is 2.97. The van der Waals surface area contributed by atoms with Crippen LogP contribution in [0.15, 0.2) is 67.0 Å². The Morgan fingerprint density at radius 3 is 2.36 bits per heavy atom. The van der Waals surface area contributed by atoms with E-state index in [4.69, 9.17) is 28.4 Å². The summed E-state index contributed by atoms with van der Waals surface area (Å²) >= 11 is 0. The number of benzene rings is 2. The molecule has 2 saturated heterocycles. The number of nitrogens with zero attached hydrogens (tertiary/aromatic N) is 4. The third-order valence-corrected chi connectivity index (χ3v) is 14.3.